The number of benzene rings is 2. The lowest BCUT2D eigenvalue weighted by Crippen LogP contribution is -2.14. The van der Waals surface area contributed by atoms with E-state index in [0.717, 1.165) is 0 Å². The topological polar surface area (TPSA) is 89.8 Å². The molecule has 0 aliphatic carbocycles. The molecular weight excluding hydrogens is 309 g/mol. The Labute approximate surface area is 125 Å². The number of aromatic nitrogens is 4. The van der Waals surface area contributed by atoms with Crippen LogP contribution in [0.2, 0.25) is 0 Å². The van der Waals surface area contributed by atoms with Crippen molar-refractivity contribution in [1.29, 1.82) is 0 Å². The molecule has 0 atom stereocenters. The molecule has 1 aromatic heterocycles. The molecule has 9 heteroatoms. The third kappa shape index (κ3) is 2.79. The van der Waals surface area contributed by atoms with Crippen LogP contribution < -0.4 is 4.72 Å². The fourth-order valence-electron chi connectivity index (χ4n) is 1.82. The molecule has 0 aliphatic rings. The van der Waals surface area contributed by atoms with Gasteiger partial charge in [0.2, 0.25) is 0 Å². The van der Waals surface area contributed by atoms with Gasteiger partial charge in [-0.15, -0.1) is 5.10 Å². The molecule has 0 radical (unpaired) electrons. The van der Waals surface area contributed by atoms with Crippen molar-refractivity contribution in [1.82, 2.24) is 20.2 Å². The lowest BCUT2D eigenvalue weighted by Gasteiger charge is -2.09. The summed E-state index contributed by atoms with van der Waals surface area (Å²) >= 11 is 0. The molecule has 3 rings (SSSR count). The summed E-state index contributed by atoms with van der Waals surface area (Å²) < 4.78 is 41.8. The summed E-state index contributed by atoms with van der Waals surface area (Å²) in [5, 5.41) is 10.7. The molecule has 112 valence electrons. The van der Waals surface area contributed by atoms with Crippen molar-refractivity contribution in [2.24, 2.45) is 0 Å². The fraction of sp³-hybridized carbons (Fsp3) is 0. The van der Waals surface area contributed by atoms with Gasteiger partial charge in [0, 0.05) is 0 Å². The average Bonchev–Trinajstić information content (AvgIpc) is 3.04. The predicted molar refractivity (Wildman–Crippen MR) is 76.4 cm³/mol. The minimum absolute atomic E-state index is 0.0243. The van der Waals surface area contributed by atoms with Gasteiger partial charge in [-0.25, -0.2) is 17.5 Å². The van der Waals surface area contributed by atoms with Crippen LogP contribution in [0.4, 0.5) is 10.1 Å². The van der Waals surface area contributed by atoms with Crippen LogP contribution in [-0.4, -0.2) is 28.6 Å². The van der Waals surface area contributed by atoms with E-state index in [9.17, 15) is 12.8 Å². The van der Waals surface area contributed by atoms with Gasteiger partial charge in [-0.3, -0.25) is 4.72 Å². The monoisotopic (exact) mass is 319 g/mol. The second-order valence-electron chi connectivity index (χ2n) is 4.34. The molecule has 0 saturated heterocycles. The summed E-state index contributed by atoms with van der Waals surface area (Å²) in [4.78, 5) is -0.0243. The summed E-state index contributed by atoms with van der Waals surface area (Å²) in [6, 6.07) is 11.5. The van der Waals surface area contributed by atoms with Gasteiger partial charge in [-0.2, -0.15) is 0 Å². The third-order valence-corrected chi connectivity index (χ3v) is 4.22. The molecule has 7 nitrogen and oxygen atoms in total. The van der Waals surface area contributed by atoms with Gasteiger partial charge in [0.25, 0.3) is 10.0 Å². The number of nitrogens with zero attached hydrogens (tertiary/aromatic N) is 4. The Morgan fingerprint density at radius 3 is 2.64 bits per heavy atom. The third-order valence-electron chi connectivity index (χ3n) is 2.86. The van der Waals surface area contributed by atoms with Crippen molar-refractivity contribution in [2.45, 2.75) is 4.90 Å². The first-order valence-corrected chi connectivity index (χ1v) is 7.65. The van der Waals surface area contributed by atoms with Crippen LogP contribution in [-0.2, 0) is 10.0 Å². The Kier molecular flexibility index (Phi) is 3.55. The van der Waals surface area contributed by atoms with E-state index in [1.807, 2.05) is 0 Å². The zero-order valence-electron chi connectivity index (χ0n) is 11.1. The van der Waals surface area contributed by atoms with E-state index < -0.39 is 15.8 Å². The van der Waals surface area contributed by atoms with Gasteiger partial charge in [0.15, 0.2) is 0 Å². The van der Waals surface area contributed by atoms with E-state index in [1.165, 1.54) is 41.3 Å². The van der Waals surface area contributed by atoms with E-state index in [0.29, 0.717) is 5.69 Å². The van der Waals surface area contributed by atoms with Gasteiger partial charge in [0.05, 0.1) is 16.3 Å². The number of sulfonamides is 1. The maximum Gasteiger partial charge on any atom is 0.262 e. The van der Waals surface area contributed by atoms with Crippen molar-refractivity contribution in [3.05, 3.63) is 60.7 Å². The maximum absolute atomic E-state index is 13.6. The maximum atomic E-state index is 13.6. The number of para-hydroxylation sites is 1. The molecule has 2 aromatic carbocycles. The van der Waals surface area contributed by atoms with Crippen molar-refractivity contribution in [2.75, 3.05) is 4.72 Å². The second kappa shape index (κ2) is 5.53. The first kappa shape index (κ1) is 14.1. The number of hydrogen-bond acceptors (Lipinski definition) is 5. The van der Waals surface area contributed by atoms with Crippen molar-refractivity contribution in [3.63, 3.8) is 0 Å². The number of nitrogens with one attached hydrogen (secondary N) is 1. The Balaban J connectivity index is 1.96. The zero-order valence-corrected chi connectivity index (χ0v) is 11.9. The molecule has 1 heterocycles. The van der Waals surface area contributed by atoms with Crippen LogP contribution >= 0.6 is 0 Å². The Bertz CT molecular complexity index is 896. The standard InChI is InChI=1S/C13H10FN5O2S/c14-12-6-1-2-7-13(12)16-22(20,21)11-5-3-4-10(8-11)19-9-15-17-18-19/h1-9,16H. The lowest BCUT2D eigenvalue weighted by atomic mass is 10.3. The van der Waals surface area contributed by atoms with Crippen LogP contribution in [0.15, 0.2) is 59.8 Å². The molecule has 0 saturated carbocycles. The first-order chi connectivity index (χ1) is 10.6. The number of rotatable bonds is 4. The molecule has 0 bridgehead atoms. The highest BCUT2D eigenvalue weighted by molar-refractivity contribution is 7.92. The second-order valence-corrected chi connectivity index (χ2v) is 6.02. The fourth-order valence-corrected chi connectivity index (χ4v) is 2.93. The van der Waals surface area contributed by atoms with E-state index >= 15 is 0 Å². The molecule has 0 aliphatic heterocycles. The van der Waals surface area contributed by atoms with Gasteiger partial charge in [-0.1, -0.05) is 18.2 Å². The highest BCUT2D eigenvalue weighted by atomic mass is 32.2. The normalized spacial score (nSPS) is 11.3. The van der Waals surface area contributed by atoms with Crippen LogP contribution in [0.3, 0.4) is 0 Å². The summed E-state index contributed by atoms with van der Waals surface area (Å²) in [6.45, 7) is 0. The highest BCUT2D eigenvalue weighted by Crippen LogP contribution is 2.20. The molecule has 1 N–H and O–H groups in total. The molecule has 0 unspecified atom stereocenters. The molecule has 0 amide bonds. The van der Waals surface area contributed by atoms with Gasteiger partial charge in [0.1, 0.15) is 12.1 Å². The van der Waals surface area contributed by atoms with Crippen LogP contribution in [0.5, 0.6) is 0 Å². The Morgan fingerprint density at radius 2 is 1.91 bits per heavy atom. The van der Waals surface area contributed by atoms with Crippen LogP contribution in [0.1, 0.15) is 0 Å². The van der Waals surface area contributed by atoms with Crippen molar-refractivity contribution >= 4 is 15.7 Å². The van der Waals surface area contributed by atoms with Gasteiger partial charge >= 0.3 is 0 Å². The molecule has 0 fully saturated rings. The average molecular weight is 319 g/mol. The smallest absolute Gasteiger partial charge is 0.262 e. The van der Waals surface area contributed by atoms with E-state index in [1.54, 1.807) is 18.2 Å². The SMILES string of the molecule is O=S(=O)(Nc1ccccc1F)c1cccc(-n2cnnn2)c1. The number of anilines is 1. The largest absolute Gasteiger partial charge is 0.277 e. The lowest BCUT2D eigenvalue weighted by molar-refractivity contribution is 0.598. The predicted octanol–water partition coefficient (Wildman–Crippen LogP) is 1.60. The summed E-state index contributed by atoms with van der Waals surface area (Å²) in [5.41, 5.74) is 0.358. The first-order valence-electron chi connectivity index (χ1n) is 6.17. The van der Waals surface area contributed by atoms with E-state index in [4.69, 9.17) is 0 Å². The summed E-state index contributed by atoms with van der Waals surface area (Å²) in [6.07, 6.45) is 1.34. The molecule has 0 spiro atoms. The minimum atomic E-state index is -3.92. The van der Waals surface area contributed by atoms with Gasteiger partial charge < -0.3 is 0 Å². The van der Waals surface area contributed by atoms with Crippen LogP contribution in [0.25, 0.3) is 5.69 Å². The minimum Gasteiger partial charge on any atom is -0.277 e. The Hall–Kier alpha value is -2.81. The van der Waals surface area contributed by atoms with E-state index in [-0.39, 0.29) is 10.6 Å². The van der Waals surface area contributed by atoms with Gasteiger partial charge in [-0.05, 0) is 40.8 Å². The highest BCUT2D eigenvalue weighted by Gasteiger charge is 2.17. The molecule has 3 aromatic rings. The van der Waals surface area contributed by atoms with E-state index in [2.05, 4.69) is 20.2 Å². The molecular formula is C13H10FN5O2S. The summed E-state index contributed by atoms with van der Waals surface area (Å²) in [7, 11) is -3.92. The van der Waals surface area contributed by atoms with Crippen LogP contribution in [0, 0.1) is 5.82 Å². The number of halogens is 1. The van der Waals surface area contributed by atoms with Crippen molar-refractivity contribution in [3.8, 4) is 5.69 Å². The Morgan fingerprint density at radius 1 is 1.09 bits per heavy atom. The number of tetrazole rings is 1. The van der Waals surface area contributed by atoms with Crippen molar-refractivity contribution < 1.29 is 12.8 Å². The number of hydrogen-bond donors (Lipinski definition) is 1. The molecule has 22 heavy (non-hydrogen) atoms. The quantitative estimate of drug-likeness (QED) is 0.789. The summed E-state index contributed by atoms with van der Waals surface area (Å²) in [5.74, 6) is -0.650. The zero-order chi connectivity index (χ0) is 15.6.